The topological polar surface area (TPSA) is 81.1 Å². The lowest BCUT2D eigenvalue weighted by Crippen LogP contribution is -2.34. The van der Waals surface area contributed by atoms with E-state index in [1.54, 1.807) is 12.1 Å². The fraction of sp³-hybridized carbons (Fsp3) is 0.360. The number of likely N-dealkylation sites (tertiary alicyclic amines) is 1. The molecule has 168 valence electrons. The molecule has 1 atom stereocenters. The number of aryl methyl sites for hydroxylation is 1. The standard InChI is InChI=1S/C25H24FN5O2/c1-16-4-2-5-17(12-16)22-27-21(33-30-22)15-31-10-8-25(9-11-31)14-20(25)24-29-28-23(32-24)18-6-3-7-19(26)13-18/h2-7,12-13,20H,8-11,14-15H2,1H3. The average Bonchev–Trinajstić information content (AvgIpc) is 3.18. The zero-order chi connectivity index (χ0) is 22.4. The fourth-order valence-electron chi connectivity index (χ4n) is 4.93. The number of hydrogen-bond donors (Lipinski definition) is 0. The van der Waals surface area contributed by atoms with E-state index < -0.39 is 0 Å². The lowest BCUT2D eigenvalue weighted by atomic mass is 9.91. The minimum Gasteiger partial charge on any atom is -0.420 e. The number of piperidine rings is 1. The van der Waals surface area contributed by atoms with Gasteiger partial charge in [-0.1, -0.05) is 35.0 Å². The van der Waals surface area contributed by atoms with E-state index in [1.165, 1.54) is 17.7 Å². The molecule has 1 saturated carbocycles. The highest BCUT2D eigenvalue weighted by molar-refractivity contribution is 5.55. The molecule has 2 aromatic heterocycles. The van der Waals surface area contributed by atoms with Crippen LogP contribution in [0.4, 0.5) is 4.39 Å². The van der Waals surface area contributed by atoms with Crippen molar-refractivity contribution in [3.05, 3.63) is 71.7 Å². The van der Waals surface area contributed by atoms with Crippen LogP contribution < -0.4 is 0 Å². The Morgan fingerprint density at radius 3 is 2.70 bits per heavy atom. The van der Waals surface area contributed by atoms with Gasteiger partial charge in [-0.25, -0.2) is 4.39 Å². The van der Waals surface area contributed by atoms with Crippen LogP contribution in [-0.2, 0) is 6.54 Å². The smallest absolute Gasteiger partial charge is 0.247 e. The first-order valence-electron chi connectivity index (χ1n) is 11.3. The summed E-state index contributed by atoms with van der Waals surface area (Å²) < 4.78 is 24.9. The summed E-state index contributed by atoms with van der Waals surface area (Å²) in [7, 11) is 0. The van der Waals surface area contributed by atoms with Crippen LogP contribution in [0.3, 0.4) is 0 Å². The Labute approximate surface area is 190 Å². The molecule has 7 nitrogen and oxygen atoms in total. The average molecular weight is 445 g/mol. The Kier molecular flexibility index (Phi) is 4.83. The third-order valence-corrected chi connectivity index (χ3v) is 6.96. The van der Waals surface area contributed by atoms with Crippen molar-refractivity contribution in [1.82, 2.24) is 25.2 Å². The predicted molar refractivity (Wildman–Crippen MR) is 118 cm³/mol. The molecule has 0 amide bonds. The number of rotatable bonds is 5. The first kappa shape index (κ1) is 20.2. The van der Waals surface area contributed by atoms with Crippen LogP contribution >= 0.6 is 0 Å². The molecule has 1 saturated heterocycles. The molecule has 2 aliphatic rings. The molecular weight excluding hydrogens is 421 g/mol. The van der Waals surface area contributed by atoms with Gasteiger partial charge in [0.2, 0.25) is 23.5 Å². The van der Waals surface area contributed by atoms with E-state index >= 15 is 0 Å². The molecule has 3 heterocycles. The van der Waals surface area contributed by atoms with Gasteiger partial charge in [0.25, 0.3) is 0 Å². The van der Waals surface area contributed by atoms with Crippen molar-refractivity contribution in [2.45, 2.75) is 38.6 Å². The largest absolute Gasteiger partial charge is 0.420 e. The third kappa shape index (κ3) is 3.95. The highest BCUT2D eigenvalue weighted by atomic mass is 19.1. The molecule has 0 radical (unpaired) electrons. The summed E-state index contributed by atoms with van der Waals surface area (Å²) in [5.41, 5.74) is 2.98. The van der Waals surface area contributed by atoms with Crippen LogP contribution in [0.5, 0.6) is 0 Å². The first-order valence-corrected chi connectivity index (χ1v) is 11.3. The highest BCUT2D eigenvalue weighted by Crippen LogP contribution is 2.64. The Balaban J connectivity index is 1.07. The summed E-state index contributed by atoms with van der Waals surface area (Å²) in [6, 6.07) is 14.4. The minimum atomic E-state index is -0.310. The Morgan fingerprint density at radius 2 is 1.88 bits per heavy atom. The molecule has 1 aliphatic carbocycles. The maximum Gasteiger partial charge on any atom is 0.247 e. The fourth-order valence-corrected chi connectivity index (χ4v) is 4.93. The van der Waals surface area contributed by atoms with Gasteiger partial charge >= 0.3 is 0 Å². The Morgan fingerprint density at radius 1 is 1.06 bits per heavy atom. The number of nitrogens with zero attached hydrogens (tertiary/aromatic N) is 5. The van der Waals surface area contributed by atoms with Crippen molar-refractivity contribution >= 4 is 0 Å². The summed E-state index contributed by atoms with van der Waals surface area (Å²) in [5.74, 6) is 2.30. The number of benzene rings is 2. The van der Waals surface area contributed by atoms with Crippen molar-refractivity contribution in [2.75, 3.05) is 13.1 Å². The molecule has 1 spiro atoms. The Hall–Kier alpha value is -3.39. The molecular formula is C25H24FN5O2. The van der Waals surface area contributed by atoms with Crippen molar-refractivity contribution < 1.29 is 13.3 Å². The molecule has 2 aromatic carbocycles. The highest BCUT2D eigenvalue weighted by Gasteiger charge is 2.58. The second-order valence-electron chi connectivity index (χ2n) is 9.23. The molecule has 8 heteroatoms. The lowest BCUT2D eigenvalue weighted by Gasteiger charge is -2.31. The maximum absolute atomic E-state index is 13.5. The molecule has 1 unspecified atom stereocenters. The molecule has 33 heavy (non-hydrogen) atoms. The van der Waals surface area contributed by atoms with E-state index in [0.29, 0.717) is 35.6 Å². The van der Waals surface area contributed by atoms with Crippen LogP contribution in [-0.4, -0.2) is 38.3 Å². The van der Waals surface area contributed by atoms with Crippen molar-refractivity contribution in [3.63, 3.8) is 0 Å². The van der Waals surface area contributed by atoms with Crippen LogP contribution in [0.15, 0.2) is 57.5 Å². The zero-order valence-corrected chi connectivity index (χ0v) is 18.4. The van der Waals surface area contributed by atoms with Gasteiger partial charge in [0, 0.05) is 17.0 Å². The molecule has 4 aromatic rings. The molecule has 1 aliphatic heterocycles. The first-order chi connectivity index (χ1) is 16.1. The van der Waals surface area contributed by atoms with E-state index in [1.807, 2.05) is 12.1 Å². The van der Waals surface area contributed by atoms with Gasteiger partial charge in [-0.15, -0.1) is 10.2 Å². The van der Waals surface area contributed by atoms with E-state index in [4.69, 9.17) is 8.94 Å². The second kappa shape index (κ2) is 7.88. The summed E-state index contributed by atoms with van der Waals surface area (Å²) in [6.07, 6.45) is 3.19. The summed E-state index contributed by atoms with van der Waals surface area (Å²) in [4.78, 5) is 6.95. The monoisotopic (exact) mass is 445 g/mol. The summed E-state index contributed by atoms with van der Waals surface area (Å²) in [6.45, 7) is 4.63. The van der Waals surface area contributed by atoms with Crippen LogP contribution in [0.25, 0.3) is 22.8 Å². The Bertz CT molecular complexity index is 1290. The zero-order valence-electron chi connectivity index (χ0n) is 18.4. The van der Waals surface area contributed by atoms with Gasteiger partial charge in [0.05, 0.1) is 6.54 Å². The van der Waals surface area contributed by atoms with E-state index in [9.17, 15) is 4.39 Å². The van der Waals surface area contributed by atoms with Crippen molar-refractivity contribution in [2.24, 2.45) is 5.41 Å². The van der Waals surface area contributed by atoms with Crippen LogP contribution in [0.1, 0.15) is 42.5 Å². The van der Waals surface area contributed by atoms with Gasteiger partial charge in [-0.05, 0) is 69.0 Å². The normalized spacial score (nSPS) is 19.8. The molecule has 0 bridgehead atoms. The van der Waals surface area contributed by atoms with E-state index in [2.05, 4.69) is 44.3 Å². The third-order valence-electron chi connectivity index (χ3n) is 6.96. The number of halogens is 1. The minimum absolute atomic E-state index is 0.226. The van der Waals surface area contributed by atoms with Crippen molar-refractivity contribution in [3.8, 4) is 22.8 Å². The van der Waals surface area contributed by atoms with E-state index in [-0.39, 0.29) is 17.2 Å². The van der Waals surface area contributed by atoms with Gasteiger partial charge < -0.3 is 8.94 Å². The van der Waals surface area contributed by atoms with Crippen molar-refractivity contribution in [1.29, 1.82) is 0 Å². The molecule has 0 N–H and O–H groups in total. The maximum atomic E-state index is 13.5. The van der Waals surface area contributed by atoms with Gasteiger partial charge in [0.15, 0.2) is 0 Å². The SMILES string of the molecule is Cc1cccc(-c2noc(CN3CCC4(CC3)CC4c3nnc(-c4cccc(F)c4)o3)n2)c1. The number of hydrogen-bond acceptors (Lipinski definition) is 7. The molecule has 6 rings (SSSR count). The number of aromatic nitrogens is 4. The summed E-state index contributed by atoms with van der Waals surface area (Å²) in [5, 5.41) is 12.6. The second-order valence-corrected chi connectivity index (χ2v) is 9.23. The predicted octanol–water partition coefficient (Wildman–Crippen LogP) is 5.00. The van der Waals surface area contributed by atoms with Crippen LogP contribution in [0, 0.1) is 18.2 Å². The van der Waals surface area contributed by atoms with Gasteiger partial charge in [0.1, 0.15) is 5.82 Å². The molecule has 2 fully saturated rings. The van der Waals surface area contributed by atoms with Gasteiger partial charge in [-0.2, -0.15) is 4.98 Å². The lowest BCUT2D eigenvalue weighted by molar-refractivity contribution is 0.144. The van der Waals surface area contributed by atoms with Gasteiger partial charge in [-0.3, -0.25) is 4.90 Å². The van der Waals surface area contributed by atoms with E-state index in [0.717, 1.165) is 37.9 Å². The quantitative estimate of drug-likeness (QED) is 0.427. The van der Waals surface area contributed by atoms with Crippen LogP contribution in [0.2, 0.25) is 0 Å². The summed E-state index contributed by atoms with van der Waals surface area (Å²) >= 11 is 0.